The van der Waals surface area contributed by atoms with E-state index in [0.717, 1.165) is 22.3 Å². The molecule has 0 aliphatic carbocycles. The van der Waals surface area contributed by atoms with Crippen molar-refractivity contribution in [3.8, 4) is 5.75 Å². The Labute approximate surface area is 110 Å². The number of nitrogens with zero attached hydrogens (tertiary/aromatic N) is 3. The zero-order chi connectivity index (χ0) is 12.4. The van der Waals surface area contributed by atoms with Crippen LogP contribution in [0.5, 0.6) is 5.75 Å². The molecule has 0 aliphatic heterocycles. The number of halogens is 1. The van der Waals surface area contributed by atoms with Crippen molar-refractivity contribution in [3.63, 3.8) is 0 Å². The van der Waals surface area contributed by atoms with Crippen LogP contribution in [0.1, 0.15) is 5.69 Å². The summed E-state index contributed by atoms with van der Waals surface area (Å²) in [5.74, 6) is 0.918. The molecule has 0 saturated carbocycles. The number of rotatable bonds is 2. The standard InChI is InChI=1S/C11H13N5O.ClH/c1-6-8-4-3-7(17-2)5-9(8)15-11(14-6)16-10(12)13;/h3-5H,1-2H3,(H4,12,13,14,15,16);1H. The van der Waals surface area contributed by atoms with Crippen molar-refractivity contribution >= 4 is 35.2 Å². The van der Waals surface area contributed by atoms with Crippen molar-refractivity contribution in [1.82, 2.24) is 9.97 Å². The van der Waals surface area contributed by atoms with Gasteiger partial charge in [0.05, 0.1) is 18.3 Å². The largest absolute Gasteiger partial charge is 0.497 e. The molecule has 0 amide bonds. The van der Waals surface area contributed by atoms with Gasteiger partial charge < -0.3 is 16.2 Å². The average molecular weight is 268 g/mol. The molecule has 1 aromatic heterocycles. The Morgan fingerprint density at radius 2 is 2.00 bits per heavy atom. The number of hydrogen-bond donors (Lipinski definition) is 2. The van der Waals surface area contributed by atoms with Gasteiger partial charge in [0, 0.05) is 11.5 Å². The zero-order valence-corrected chi connectivity index (χ0v) is 10.9. The van der Waals surface area contributed by atoms with E-state index >= 15 is 0 Å². The van der Waals surface area contributed by atoms with E-state index in [9.17, 15) is 0 Å². The fraction of sp³-hybridized carbons (Fsp3) is 0.182. The van der Waals surface area contributed by atoms with Crippen LogP contribution in [-0.4, -0.2) is 23.0 Å². The minimum absolute atomic E-state index is 0. The third-order valence-corrected chi connectivity index (χ3v) is 2.31. The summed E-state index contributed by atoms with van der Waals surface area (Å²) in [6.07, 6.45) is 0. The third-order valence-electron chi connectivity index (χ3n) is 2.31. The second-order valence-corrected chi connectivity index (χ2v) is 3.53. The number of ether oxygens (including phenoxy) is 1. The predicted molar refractivity (Wildman–Crippen MR) is 73.5 cm³/mol. The van der Waals surface area contributed by atoms with Gasteiger partial charge in [0.15, 0.2) is 5.96 Å². The quantitative estimate of drug-likeness (QED) is 0.631. The molecule has 0 radical (unpaired) electrons. The normalized spacial score (nSPS) is 9.67. The lowest BCUT2D eigenvalue weighted by molar-refractivity contribution is 0.415. The predicted octanol–water partition coefficient (Wildman–Crippen LogP) is 1.27. The van der Waals surface area contributed by atoms with Crippen molar-refractivity contribution in [2.75, 3.05) is 7.11 Å². The Bertz CT molecular complexity index is 595. The minimum Gasteiger partial charge on any atom is -0.497 e. The van der Waals surface area contributed by atoms with Gasteiger partial charge in [0.2, 0.25) is 0 Å². The Morgan fingerprint density at radius 1 is 1.28 bits per heavy atom. The Morgan fingerprint density at radius 3 is 2.61 bits per heavy atom. The number of benzene rings is 1. The molecule has 6 nitrogen and oxygen atoms in total. The molecule has 2 rings (SSSR count). The van der Waals surface area contributed by atoms with Gasteiger partial charge in [-0.1, -0.05) is 0 Å². The van der Waals surface area contributed by atoms with Crippen LogP contribution >= 0.6 is 12.4 Å². The number of hydrogen-bond acceptors (Lipinski definition) is 4. The first kappa shape index (κ1) is 14.0. The second kappa shape index (κ2) is 5.50. The summed E-state index contributed by atoms with van der Waals surface area (Å²) in [4.78, 5) is 12.3. The van der Waals surface area contributed by atoms with Crippen LogP contribution in [0, 0.1) is 6.92 Å². The molecule has 0 atom stereocenters. The highest BCUT2D eigenvalue weighted by molar-refractivity contribution is 5.85. The first-order valence-corrected chi connectivity index (χ1v) is 5.02. The molecule has 0 unspecified atom stereocenters. The van der Waals surface area contributed by atoms with Crippen molar-refractivity contribution in [2.24, 2.45) is 16.5 Å². The summed E-state index contributed by atoms with van der Waals surface area (Å²) in [5.41, 5.74) is 12.2. The van der Waals surface area contributed by atoms with Gasteiger partial charge >= 0.3 is 0 Å². The lowest BCUT2D eigenvalue weighted by Gasteiger charge is -2.05. The van der Waals surface area contributed by atoms with E-state index in [2.05, 4.69) is 15.0 Å². The fourth-order valence-corrected chi connectivity index (χ4v) is 1.55. The molecular formula is C11H14ClN5O. The Balaban J connectivity index is 0.00000162. The first-order valence-electron chi connectivity index (χ1n) is 5.02. The van der Waals surface area contributed by atoms with Crippen molar-refractivity contribution in [3.05, 3.63) is 23.9 Å². The van der Waals surface area contributed by atoms with E-state index in [1.807, 2.05) is 25.1 Å². The van der Waals surface area contributed by atoms with Gasteiger partial charge in [0.1, 0.15) is 5.75 Å². The van der Waals surface area contributed by atoms with Crippen molar-refractivity contribution in [1.29, 1.82) is 0 Å². The van der Waals surface area contributed by atoms with E-state index < -0.39 is 0 Å². The number of methoxy groups -OCH3 is 1. The number of fused-ring (bicyclic) bond motifs is 1. The number of aryl methyl sites for hydroxylation is 1. The molecule has 0 aliphatic rings. The lowest BCUT2D eigenvalue weighted by Crippen LogP contribution is -2.22. The van der Waals surface area contributed by atoms with Crippen LogP contribution in [0.3, 0.4) is 0 Å². The maximum absolute atomic E-state index is 5.30. The van der Waals surface area contributed by atoms with Gasteiger partial charge in [-0.2, -0.15) is 4.99 Å². The summed E-state index contributed by atoms with van der Waals surface area (Å²) >= 11 is 0. The molecule has 4 N–H and O–H groups in total. The van der Waals surface area contributed by atoms with Gasteiger partial charge in [0.25, 0.3) is 5.95 Å². The SMILES string of the molecule is COc1ccc2c(C)nc(N=C(N)N)nc2c1.Cl. The second-order valence-electron chi connectivity index (χ2n) is 3.53. The molecule has 0 bridgehead atoms. The van der Waals surface area contributed by atoms with E-state index in [-0.39, 0.29) is 24.3 Å². The highest BCUT2D eigenvalue weighted by Gasteiger charge is 2.05. The van der Waals surface area contributed by atoms with E-state index in [0.29, 0.717) is 0 Å². The van der Waals surface area contributed by atoms with Crippen LogP contribution in [-0.2, 0) is 0 Å². The molecule has 1 aromatic carbocycles. The number of nitrogens with two attached hydrogens (primary N) is 2. The van der Waals surface area contributed by atoms with Crippen LogP contribution in [0.25, 0.3) is 10.9 Å². The highest BCUT2D eigenvalue weighted by Crippen LogP contribution is 2.22. The summed E-state index contributed by atoms with van der Waals surface area (Å²) in [7, 11) is 1.60. The molecule has 0 spiro atoms. The molecule has 7 heteroatoms. The lowest BCUT2D eigenvalue weighted by atomic mass is 10.2. The van der Waals surface area contributed by atoms with Crippen LogP contribution < -0.4 is 16.2 Å². The summed E-state index contributed by atoms with van der Waals surface area (Å²) in [6.45, 7) is 1.88. The molecule has 2 aromatic rings. The van der Waals surface area contributed by atoms with Gasteiger partial charge in [-0.15, -0.1) is 12.4 Å². The van der Waals surface area contributed by atoms with Crippen LogP contribution in [0.15, 0.2) is 23.2 Å². The summed E-state index contributed by atoms with van der Waals surface area (Å²) < 4.78 is 5.14. The highest BCUT2D eigenvalue weighted by atomic mass is 35.5. The molecule has 96 valence electrons. The van der Waals surface area contributed by atoms with Gasteiger partial charge in [-0.3, -0.25) is 0 Å². The summed E-state index contributed by atoms with van der Waals surface area (Å²) in [5, 5.41) is 0.945. The number of aliphatic imine (C=N–C) groups is 1. The third kappa shape index (κ3) is 2.78. The van der Waals surface area contributed by atoms with E-state index in [1.165, 1.54) is 0 Å². The monoisotopic (exact) mass is 267 g/mol. The fourth-order valence-electron chi connectivity index (χ4n) is 1.55. The number of guanidine groups is 1. The summed E-state index contributed by atoms with van der Waals surface area (Å²) in [6, 6.07) is 5.58. The topological polar surface area (TPSA) is 99.4 Å². The smallest absolute Gasteiger partial charge is 0.253 e. The maximum atomic E-state index is 5.30. The van der Waals surface area contributed by atoms with E-state index in [1.54, 1.807) is 7.11 Å². The maximum Gasteiger partial charge on any atom is 0.253 e. The molecule has 1 heterocycles. The van der Waals surface area contributed by atoms with Crippen molar-refractivity contribution in [2.45, 2.75) is 6.92 Å². The Kier molecular flexibility index (Phi) is 4.28. The van der Waals surface area contributed by atoms with Crippen molar-refractivity contribution < 1.29 is 4.74 Å². The number of aromatic nitrogens is 2. The molecular weight excluding hydrogens is 254 g/mol. The van der Waals surface area contributed by atoms with Crippen LogP contribution in [0.4, 0.5) is 5.95 Å². The Hall–Kier alpha value is -2.08. The molecule has 0 saturated heterocycles. The molecule has 0 fully saturated rings. The molecule has 18 heavy (non-hydrogen) atoms. The zero-order valence-electron chi connectivity index (χ0n) is 10.0. The van der Waals surface area contributed by atoms with Gasteiger partial charge in [-0.25, -0.2) is 9.97 Å². The van der Waals surface area contributed by atoms with E-state index in [4.69, 9.17) is 16.2 Å². The van der Waals surface area contributed by atoms with Gasteiger partial charge in [-0.05, 0) is 19.1 Å². The average Bonchev–Trinajstić information content (AvgIpc) is 2.27. The first-order chi connectivity index (χ1) is 8.10. The van der Waals surface area contributed by atoms with Crippen LogP contribution in [0.2, 0.25) is 0 Å². The minimum atomic E-state index is -0.0633.